The van der Waals surface area contributed by atoms with Gasteiger partial charge in [-0.1, -0.05) is 18.7 Å². The minimum Gasteiger partial charge on any atom is -0.494 e. The van der Waals surface area contributed by atoms with Crippen LogP contribution in [0, 0.1) is 10.1 Å². The largest absolute Gasteiger partial charge is 0.494 e. The number of fused-ring (bicyclic) bond motifs is 2. The Morgan fingerprint density at radius 1 is 1.22 bits per heavy atom. The van der Waals surface area contributed by atoms with Gasteiger partial charge in [-0.25, -0.2) is 4.98 Å². The second-order valence-corrected chi connectivity index (χ2v) is 7.94. The van der Waals surface area contributed by atoms with Crippen molar-refractivity contribution >= 4 is 39.9 Å². The average Bonchev–Trinajstić information content (AvgIpc) is 2.80. The number of ether oxygens (including phenoxy) is 3. The number of anilines is 1. The third kappa shape index (κ3) is 4.54. The number of hydrogen-bond donors (Lipinski definition) is 1. The highest BCUT2D eigenvalue weighted by Gasteiger charge is 2.17. The van der Waals surface area contributed by atoms with Gasteiger partial charge in [-0.2, -0.15) is 0 Å². The number of carbonyl (C=O) groups excluding carboxylic acids is 1. The first kappa shape index (κ1) is 21.7. The number of nitrogens with one attached hydrogen (secondary N) is 1. The number of thioether (sulfide) groups is 1. The van der Waals surface area contributed by atoms with E-state index in [0.717, 1.165) is 27.9 Å². The summed E-state index contributed by atoms with van der Waals surface area (Å²) in [6.45, 7) is 3.06. The smallest absolute Gasteiger partial charge is 0.273 e. The number of non-ortho nitro benzene ring substituents is 1. The van der Waals surface area contributed by atoms with Crippen LogP contribution in [0.4, 0.5) is 11.4 Å². The summed E-state index contributed by atoms with van der Waals surface area (Å²) < 4.78 is 16.5. The summed E-state index contributed by atoms with van der Waals surface area (Å²) >= 11 is 1.33. The maximum Gasteiger partial charge on any atom is 0.273 e. The van der Waals surface area contributed by atoms with Crippen molar-refractivity contribution in [3.05, 3.63) is 52.1 Å². The predicted molar refractivity (Wildman–Crippen MR) is 121 cm³/mol. The summed E-state index contributed by atoms with van der Waals surface area (Å²) in [6.07, 6.45) is 0.761. The zero-order valence-electron chi connectivity index (χ0n) is 17.5. The van der Waals surface area contributed by atoms with Crippen molar-refractivity contribution in [2.75, 3.05) is 31.4 Å². The van der Waals surface area contributed by atoms with Crippen LogP contribution in [0.1, 0.15) is 12.5 Å². The standard InChI is InChI=1S/C22H21N3O6S/c1-3-13-8-14-9-19-20(31-7-6-30-19)11-17(14)24-22(13)32-12-21(26)23-16-5-4-15(25(27)28)10-18(16)29-2/h4-5,8-11H,3,6-7,12H2,1-2H3,(H,23,26). The van der Waals surface area contributed by atoms with Crippen molar-refractivity contribution in [2.45, 2.75) is 18.4 Å². The number of methoxy groups -OCH3 is 1. The van der Waals surface area contributed by atoms with E-state index >= 15 is 0 Å². The Balaban J connectivity index is 1.51. The van der Waals surface area contributed by atoms with E-state index in [0.29, 0.717) is 30.4 Å². The molecule has 0 aliphatic carbocycles. The number of hydrogen-bond acceptors (Lipinski definition) is 8. The molecule has 0 saturated carbocycles. The van der Waals surface area contributed by atoms with Gasteiger partial charge in [0.1, 0.15) is 24.0 Å². The molecule has 0 bridgehead atoms. The quantitative estimate of drug-likeness (QED) is 0.320. The van der Waals surface area contributed by atoms with Crippen LogP contribution in [0.25, 0.3) is 10.9 Å². The monoisotopic (exact) mass is 455 g/mol. The Bertz CT molecular complexity index is 1200. The first-order chi connectivity index (χ1) is 15.5. The Kier molecular flexibility index (Phi) is 6.31. The lowest BCUT2D eigenvalue weighted by molar-refractivity contribution is -0.384. The Hall–Kier alpha value is -3.53. The predicted octanol–water partition coefficient (Wildman–Crippen LogP) is 4.22. The Morgan fingerprint density at radius 2 is 1.97 bits per heavy atom. The van der Waals surface area contributed by atoms with Crippen molar-refractivity contribution in [1.29, 1.82) is 0 Å². The van der Waals surface area contributed by atoms with Crippen LogP contribution >= 0.6 is 11.8 Å². The molecule has 2 aromatic carbocycles. The molecule has 1 N–H and O–H groups in total. The van der Waals surface area contributed by atoms with Crippen molar-refractivity contribution in [3.63, 3.8) is 0 Å². The summed E-state index contributed by atoms with van der Waals surface area (Å²) in [7, 11) is 1.39. The molecule has 4 rings (SSSR count). The maximum atomic E-state index is 12.5. The molecular weight excluding hydrogens is 434 g/mol. The number of amides is 1. The summed E-state index contributed by atoms with van der Waals surface area (Å²) in [5.41, 5.74) is 2.06. The topological polar surface area (TPSA) is 113 Å². The molecule has 0 spiro atoms. The molecular formula is C22H21N3O6S. The fourth-order valence-electron chi connectivity index (χ4n) is 3.33. The fourth-order valence-corrected chi connectivity index (χ4v) is 4.22. The molecule has 1 aliphatic heterocycles. The highest BCUT2D eigenvalue weighted by atomic mass is 32.2. The third-order valence-corrected chi connectivity index (χ3v) is 5.94. The van der Waals surface area contributed by atoms with E-state index in [9.17, 15) is 14.9 Å². The van der Waals surface area contributed by atoms with E-state index in [-0.39, 0.29) is 23.1 Å². The van der Waals surface area contributed by atoms with E-state index in [1.54, 1.807) is 0 Å². The first-order valence-corrected chi connectivity index (χ1v) is 11.0. The molecule has 1 aliphatic rings. The molecule has 0 radical (unpaired) electrons. The molecule has 0 saturated heterocycles. The summed E-state index contributed by atoms with van der Waals surface area (Å²) in [6, 6.07) is 9.89. The maximum absolute atomic E-state index is 12.5. The Labute approximate surface area is 188 Å². The van der Waals surface area contributed by atoms with Gasteiger partial charge < -0.3 is 19.5 Å². The van der Waals surface area contributed by atoms with Crippen LogP contribution in [-0.4, -0.2) is 41.9 Å². The molecule has 2 heterocycles. The zero-order chi connectivity index (χ0) is 22.7. The van der Waals surface area contributed by atoms with Crippen LogP contribution in [0.2, 0.25) is 0 Å². The lowest BCUT2D eigenvalue weighted by Gasteiger charge is -2.19. The number of aromatic nitrogens is 1. The molecule has 0 fully saturated rings. The second-order valence-electron chi connectivity index (χ2n) is 6.97. The molecule has 10 heteroatoms. The van der Waals surface area contributed by atoms with E-state index in [2.05, 4.69) is 11.4 Å². The van der Waals surface area contributed by atoms with E-state index in [1.165, 1.54) is 37.1 Å². The van der Waals surface area contributed by atoms with E-state index < -0.39 is 4.92 Å². The van der Waals surface area contributed by atoms with Gasteiger partial charge in [-0.05, 0) is 30.2 Å². The number of nitro groups is 1. The molecule has 0 atom stereocenters. The van der Waals surface area contributed by atoms with Crippen molar-refractivity contribution in [3.8, 4) is 17.2 Å². The molecule has 1 aromatic heterocycles. The van der Waals surface area contributed by atoms with E-state index in [4.69, 9.17) is 19.2 Å². The normalized spacial score (nSPS) is 12.4. The molecule has 32 heavy (non-hydrogen) atoms. The molecule has 9 nitrogen and oxygen atoms in total. The van der Waals surface area contributed by atoms with Crippen LogP contribution in [-0.2, 0) is 11.2 Å². The molecule has 3 aromatic rings. The first-order valence-electron chi connectivity index (χ1n) is 9.97. The molecule has 1 amide bonds. The summed E-state index contributed by atoms with van der Waals surface area (Å²) in [5.74, 6) is 1.45. The number of carbonyl (C=O) groups is 1. The van der Waals surface area contributed by atoms with Gasteiger partial charge in [0.2, 0.25) is 5.91 Å². The van der Waals surface area contributed by atoms with Gasteiger partial charge in [-0.3, -0.25) is 14.9 Å². The summed E-state index contributed by atoms with van der Waals surface area (Å²) in [5, 5.41) is 15.4. The number of benzene rings is 2. The van der Waals surface area contributed by atoms with Crippen LogP contribution in [0.3, 0.4) is 0 Å². The fraction of sp³-hybridized carbons (Fsp3) is 0.273. The van der Waals surface area contributed by atoms with Gasteiger partial charge in [0.05, 0.1) is 35.1 Å². The van der Waals surface area contributed by atoms with Crippen molar-refractivity contribution in [2.24, 2.45) is 0 Å². The van der Waals surface area contributed by atoms with Gasteiger partial charge in [0.15, 0.2) is 11.5 Å². The van der Waals surface area contributed by atoms with Crippen molar-refractivity contribution in [1.82, 2.24) is 4.98 Å². The zero-order valence-corrected chi connectivity index (χ0v) is 18.4. The number of nitrogens with zero attached hydrogens (tertiary/aromatic N) is 2. The van der Waals surface area contributed by atoms with Gasteiger partial charge in [0.25, 0.3) is 5.69 Å². The Morgan fingerprint density at radius 3 is 2.66 bits per heavy atom. The van der Waals surface area contributed by atoms with Gasteiger partial charge in [0, 0.05) is 17.5 Å². The minimum absolute atomic E-state index is 0.112. The molecule has 166 valence electrons. The highest BCUT2D eigenvalue weighted by molar-refractivity contribution is 8.00. The number of pyridine rings is 1. The second kappa shape index (κ2) is 9.31. The van der Waals surface area contributed by atoms with Crippen LogP contribution < -0.4 is 19.5 Å². The number of aryl methyl sites for hydroxylation is 1. The third-order valence-electron chi connectivity index (χ3n) is 4.91. The summed E-state index contributed by atoms with van der Waals surface area (Å²) in [4.78, 5) is 27.7. The minimum atomic E-state index is -0.518. The SMILES string of the molecule is CCc1cc2cc3c(cc2nc1SCC(=O)Nc1ccc([N+](=O)[O-])cc1OC)OCCO3. The number of nitro benzene ring substituents is 1. The van der Waals surface area contributed by atoms with Gasteiger partial charge in [-0.15, -0.1) is 0 Å². The lowest BCUT2D eigenvalue weighted by Crippen LogP contribution is -2.15. The average molecular weight is 455 g/mol. The van der Waals surface area contributed by atoms with E-state index in [1.807, 2.05) is 19.1 Å². The van der Waals surface area contributed by atoms with Crippen LogP contribution in [0.15, 0.2) is 41.4 Å². The number of rotatable bonds is 7. The van der Waals surface area contributed by atoms with Crippen molar-refractivity contribution < 1.29 is 23.9 Å². The molecule has 0 unspecified atom stereocenters. The van der Waals surface area contributed by atoms with Gasteiger partial charge >= 0.3 is 0 Å². The lowest BCUT2D eigenvalue weighted by atomic mass is 10.1. The van der Waals surface area contributed by atoms with Crippen LogP contribution in [0.5, 0.6) is 17.2 Å². The highest BCUT2D eigenvalue weighted by Crippen LogP contribution is 2.36.